The lowest BCUT2D eigenvalue weighted by Gasteiger charge is -2.21. The summed E-state index contributed by atoms with van der Waals surface area (Å²) in [7, 11) is 0. The van der Waals surface area contributed by atoms with E-state index in [2.05, 4.69) is 50.5 Å². The summed E-state index contributed by atoms with van der Waals surface area (Å²) in [5.74, 6) is 0. The van der Waals surface area contributed by atoms with Crippen LogP contribution in [-0.4, -0.2) is 0 Å². The Kier molecular flexibility index (Phi) is 5.16. The Morgan fingerprint density at radius 2 is 0.800 bits per heavy atom. The minimum atomic E-state index is -5.20. The van der Waals surface area contributed by atoms with Gasteiger partial charge in [0.15, 0.2) is 0 Å². The third-order valence-corrected chi connectivity index (χ3v) is 6.77. The van der Waals surface area contributed by atoms with Crippen LogP contribution in [0.4, 0.5) is 26.3 Å². The van der Waals surface area contributed by atoms with Gasteiger partial charge in [-0.25, -0.2) is 0 Å². The standard InChI is InChI=1S/C20H10F6S4/c21-19(22,23)11-5-9-10(6-12(11)20(24,25)26)18(30)14-13(17(9)29)15(27)7-3-1-2-4-8(7)16(14)28/h1-6,27-30H. The van der Waals surface area contributed by atoms with Gasteiger partial charge in [-0.05, 0) is 33.7 Å². The molecule has 0 aromatic heterocycles. The van der Waals surface area contributed by atoms with E-state index >= 15 is 0 Å². The van der Waals surface area contributed by atoms with Crippen LogP contribution in [0.3, 0.4) is 0 Å². The average Bonchev–Trinajstić information content (AvgIpc) is 2.66. The van der Waals surface area contributed by atoms with E-state index in [0.717, 1.165) is 0 Å². The van der Waals surface area contributed by atoms with Gasteiger partial charge in [0.2, 0.25) is 0 Å². The van der Waals surface area contributed by atoms with Crippen LogP contribution in [0, 0.1) is 0 Å². The Hall–Kier alpha value is -1.36. The Balaban J connectivity index is 2.31. The van der Waals surface area contributed by atoms with Crippen molar-refractivity contribution in [2.45, 2.75) is 31.9 Å². The summed E-state index contributed by atoms with van der Waals surface area (Å²) in [5.41, 5.74) is -3.56. The van der Waals surface area contributed by atoms with E-state index in [1.54, 1.807) is 24.3 Å². The predicted molar refractivity (Wildman–Crippen MR) is 118 cm³/mol. The van der Waals surface area contributed by atoms with Gasteiger partial charge < -0.3 is 0 Å². The molecular formula is C20H10F6S4. The second-order valence-electron chi connectivity index (χ2n) is 6.63. The molecule has 0 aliphatic heterocycles. The number of hydrogen-bond acceptors (Lipinski definition) is 4. The molecule has 0 saturated heterocycles. The molecule has 0 N–H and O–H groups in total. The fourth-order valence-corrected chi connectivity index (χ4v) is 5.42. The fourth-order valence-electron chi connectivity index (χ4n) is 3.59. The highest BCUT2D eigenvalue weighted by Gasteiger charge is 2.43. The number of rotatable bonds is 0. The second-order valence-corrected chi connectivity index (χ2v) is 8.42. The Labute approximate surface area is 188 Å². The van der Waals surface area contributed by atoms with Gasteiger partial charge in [0.25, 0.3) is 0 Å². The Morgan fingerprint density at radius 3 is 1.10 bits per heavy atom. The van der Waals surface area contributed by atoms with Crippen LogP contribution in [-0.2, 0) is 12.4 Å². The lowest BCUT2D eigenvalue weighted by molar-refractivity contribution is -0.161. The fraction of sp³-hybridized carbons (Fsp3) is 0.100. The highest BCUT2D eigenvalue weighted by atomic mass is 32.1. The first-order valence-electron chi connectivity index (χ1n) is 8.26. The van der Waals surface area contributed by atoms with E-state index in [-0.39, 0.29) is 20.6 Å². The molecule has 4 aromatic carbocycles. The van der Waals surface area contributed by atoms with E-state index < -0.39 is 23.5 Å². The third-order valence-electron chi connectivity index (χ3n) is 4.91. The number of halogens is 6. The van der Waals surface area contributed by atoms with Crippen LogP contribution in [0.1, 0.15) is 11.1 Å². The molecule has 0 spiro atoms. The predicted octanol–water partition coefficient (Wildman–Crippen LogP) is 8.34. The summed E-state index contributed by atoms with van der Waals surface area (Å²) in [4.78, 5) is 0.995. The minimum Gasteiger partial charge on any atom is -0.166 e. The first kappa shape index (κ1) is 21.9. The van der Waals surface area contributed by atoms with Gasteiger partial charge in [0.1, 0.15) is 0 Å². The van der Waals surface area contributed by atoms with Crippen LogP contribution in [0.25, 0.3) is 32.3 Å². The van der Waals surface area contributed by atoms with E-state index in [4.69, 9.17) is 0 Å². The van der Waals surface area contributed by atoms with Crippen molar-refractivity contribution in [2.24, 2.45) is 0 Å². The number of benzene rings is 4. The van der Waals surface area contributed by atoms with Gasteiger partial charge in [-0.1, -0.05) is 24.3 Å². The Morgan fingerprint density at radius 1 is 0.500 bits per heavy atom. The lowest BCUT2D eigenvalue weighted by atomic mass is 9.95. The van der Waals surface area contributed by atoms with Gasteiger partial charge in [-0.2, -0.15) is 26.3 Å². The van der Waals surface area contributed by atoms with Gasteiger partial charge in [0.05, 0.1) is 11.1 Å². The highest BCUT2D eigenvalue weighted by molar-refractivity contribution is 7.83. The van der Waals surface area contributed by atoms with Crippen LogP contribution in [0.2, 0.25) is 0 Å². The zero-order valence-electron chi connectivity index (χ0n) is 14.5. The number of alkyl halides is 6. The largest absolute Gasteiger partial charge is 0.417 e. The third kappa shape index (κ3) is 3.23. The van der Waals surface area contributed by atoms with Crippen LogP contribution in [0.15, 0.2) is 56.0 Å². The molecule has 0 nitrogen and oxygen atoms in total. The van der Waals surface area contributed by atoms with Crippen LogP contribution in [0.5, 0.6) is 0 Å². The molecule has 0 aliphatic carbocycles. The van der Waals surface area contributed by atoms with Crippen LogP contribution >= 0.6 is 50.5 Å². The van der Waals surface area contributed by atoms with Crippen molar-refractivity contribution in [3.05, 3.63) is 47.5 Å². The van der Waals surface area contributed by atoms with Crippen LogP contribution < -0.4 is 0 Å². The molecule has 0 saturated carbocycles. The molecule has 0 atom stereocenters. The normalized spacial score (nSPS) is 13.0. The quantitative estimate of drug-likeness (QED) is 0.106. The van der Waals surface area contributed by atoms with Gasteiger partial charge >= 0.3 is 12.4 Å². The molecule has 0 bridgehead atoms. The molecule has 0 unspecified atom stereocenters. The summed E-state index contributed by atoms with van der Waals surface area (Å²) < 4.78 is 80.6. The van der Waals surface area contributed by atoms with Crippen molar-refractivity contribution in [2.75, 3.05) is 0 Å². The zero-order chi connectivity index (χ0) is 22.2. The molecule has 0 amide bonds. The minimum absolute atomic E-state index is 0.0723. The monoisotopic (exact) mass is 492 g/mol. The lowest BCUT2D eigenvalue weighted by Crippen LogP contribution is -2.16. The molecule has 0 aliphatic rings. The second kappa shape index (κ2) is 7.08. The summed E-state index contributed by atoms with van der Waals surface area (Å²) in [6.07, 6.45) is -10.4. The van der Waals surface area contributed by atoms with E-state index in [1.807, 2.05) is 0 Å². The van der Waals surface area contributed by atoms with Crippen molar-refractivity contribution >= 4 is 82.8 Å². The van der Waals surface area contributed by atoms with Crippen molar-refractivity contribution in [3.8, 4) is 0 Å². The number of fused-ring (bicyclic) bond motifs is 3. The SMILES string of the molecule is FC(F)(F)c1cc2c(S)c3c(S)c4ccccc4c(S)c3c(S)c2cc1C(F)(F)F. The summed E-state index contributed by atoms with van der Waals surface area (Å²) in [6, 6.07) is 8.00. The highest BCUT2D eigenvalue weighted by Crippen LogP contribution is 2.49. The molecule has 4 rings (SSSR count). The molecule has 0 radical (unpaired) electrons. The van der Waals surface area contributed by atoms with Crippen molar-refractivity contribution in [1.29, 1.82) is 0 Å². The first-order valence-corrected chi connectivity index (χ1v) is 10.0. The summed E-state index contributed by atoms with van der Waals surface area (Å²) >= 11 is 17.9. The molecule has 4 aromatic rings. The summed E-state index contributed by atoms with van der Waals surface area (Å²) in [5, 5.41) is 1.91. The van der Waals surface area contributed by atoms with E-state index in [9.17, 15) is 26.3 Å². The molecule has 30 heavy (non-hydrogen) atoms. The average molecular weight is 493 g/mol. The summed E-state index contributed by atoms with van der Waals surface area (Å²) in [6.45, 7) is 0. The maximum absolute atomic E-state index is 13.4. The van der Waals surface area contributed by atoms with Crippen molar-refractivity contribution < 1.29 is 26.3 Å². The van der Waals surface area contributed by atoms with Gasteiger partial charge in [-0.3, -0.25) is 0 Å². The van der Waals surface area contributed by atoms with Gasteiger partial charge in [0, 0.05) is 30.4 Å². The maximum Gasteiger partial charge on any atom is 0.417 e. The topological polar surface area (TPSA) is 0 Å². The van der Waals surface area contributed by atoms with Crippen molar-refractivity contribution in [3.63, 3.8) is 0 Å². The smallest absolute Gasteiger partial charge is 0.166 e. The first-order chi connectivity index (χ1) is 13.8. The Bertz CT molecular complexity index is 1250. The molecule has 10 heteroatoms. The zero-order valence-corrected chi connectivity index (χ0v) is 18.1. The molecular weight excluding hydrogens is 482 g/mol. The van der Waals surface area contributed by atoms with E-state index in [0.29, 0.717) is 43.5 Å². The van der Waals surface area contributed by atoms with Crippen molar-refractivity contribution in [1.82, 2.24) is 0 Å². The molecule has 0 heterocycles. The van der Waals surface area contributed by atoms with Gasteiger partial charge in [-0.15, -0.1) is 50.5 Å². The number of thiol groups is 4. The molecule has 156 valence electrons. The maximum atomic E-state index is 13.4. The molecule has 0 fully saturated rings. The number of hydrogen-bond donors (Lipinski definition) is 4. The van der Waals surface area contributed by atoms with E-state index in [1.165, 1.54) is 0 Å².